The van der Waals surface area contributed by atoms with Crippen molar-refractivity contribution in [1.82, 2.24) is 148 Å². The molecule has 0 bridgehead atoms. The number of aromatic nitrogens is 20. The lowest BCUT2D eigenvalue weighted by atomic mass is 10.1. The highest BCUT2D eigenvalue weighted by molar-refractivity contribution is 7.14. The molecule has 149 heavy (non-hydrogen) atoms. The van der Waals surface area contributed by atoms with E-state index in [1.807, 2.05) is 148 Å². The number of ether oxygens (including phenoxy) is 3. The number of hydrogen-bond acceptors (Lipinski definition) is 33. The molecule has 38 nitrogen and oxygen atoms in total. The average Bonchev–Trinajstić information content (AvgIpc) is 1.60. The summed E-state index contributed by atoms with van der Waals surface area (Å²) >= 11 is 8.20. The van der Waals surface area contributed by atoms with Gasteiger partial charge < -0.3 is 53.8 Å². The van der Waals surface area contributed by atoms with Crippen molar-refractivity contribution >= 4 is 86.2 Å². The topological polar surface area (TPSA) is 372 Å². The van der Waals surface area contributed by atoms with Crippen LogP contribution in [0, 0.1) is 20.8 Å². The van der Waals surface area contributed by atoms with Crippen LogP contribution in [0.5, 0.6) is 0 Å². The Morgan fingerprint density at radius 3 is 1.15 bits per heavy atom. The Kier molecular flexibility index (Phi) is 37.0. The number of rotatable bonds is 36. The van der Waals surface area contributed by atoms with Crippen LogP contribution >= 0.6 is 56.7 Å². The van der Waals surface area contributed by atoms with Crippen LogP contribution in [-0.2, 0) is 20.8 Å². The first-order chi connectivity index (χ1) is 72.7. The second-order valence-corrected chi connectivity index (χ2v) is 41.9. The summed E-state index contributed by atoms with van der Waals surface area (Å²) in [4.78, 5) is 136. The zero-order chi connectivity index (χ0) is 104. The predicted molar refractivity (Wildman–Crippen MR) is 580 cm³/mol. The van der Waals surface area contributed by atoms with Crippen molar-refractivity contribution in [2.45, 2.75) is 111 Å². The van der Waals surface area contributed by atoms with E-state index in [1.54, 1.807) is 162 Å². The van der Waals surface area contributed by atoms with Gasteiger partial charge in [-0.1, -0.05) is 58.0 Å². The summed E-state index contributed by atoms with van der Waals surface area (Å²) in [5.74, 6) is 3.52. The van der Waals surface area contributed by atoms with Crippen LogP contribution in [0.3, 0.4) is 0 Å². The van der Waals surface area contributed by atoms with Gasteiger partial charge in [0.1, 0.15) is 0 Å². The van der Waals surface area contributed by atoms with Crippen LogP contribution < -0.4 is 5.32 Å². The number of carbonyl (C=O) groups excluding carboxylic acids is 5. The minimum atomic E-state index is -0.176. The summed E-state index contributed by atoms with van der Waals surface area (Å²) in [6.07, 6.45) is 23.6. The smallest absolute Gasteiger partial charge is 0.257 e. The SMILES string of the molecule is CCN(CC)CCN(C)C(=O)c1cnn(-c2nccc(-c3cccs3)n2)c1C1CC1.CCN(CC)CCNC(=O)c1cnn(-c2nccc(-c3cccs3)n2)c1COC.CN1CCN(C(=O)c2cnn(-c3nccc(-c4cccs4)n3)c2C2CC2)CC1.COCCN1CCN(C(=O)c2cnn(-c3ncc(C)c(-c4cccs4)n3)c2C)CC1.COCCN1CCN(C(=O)c2cnn(-c3ncc(C)c(-c4cccs4)n3)c2C2CC2)CC1. The summed E-state index contributed by atoms with van der Waals surface area (Å²) in [7, 11) is 8.98. The maximum Gasteiger partial charge on any atom is 0.257 e. The van der Waals surface area contributed by atoms with Crippen molar-refractivity contribution in [3.8, 4) is 82.6 Å². The van der Waals surface area contributed by atoms with E-state index in [1.165, 1.54) is 0 Å². The number of nitrogens with zero attached hydrogens (tertiary/aromatic N) is 29. The number of aryl methyl sites for hydroxylation is 2. The van der Waals surface area contributed by atoms with E-state index < -0.39 is 0 Å². The third-order valence-corrected chi connectivity index (χ3v) is 31.6. The van der Waals surface area contributed by atoms with Crippen LogP contribution in [0.25, 0.3) is 82.6 Å². The molecule has 782 valence electrons. The molecule has 0 atom stereocenters. The normalized spacial score (nSPS) is 15.0. The van der Waals surface area contributed by atoms with Crippen molar-refractivity contribution in [2.75, 3.05) is 193 Å². The van der Waals surface area contributed by atoms with Gasteiger partial charge in [0, 0.05) is 195 Å². The molecule has 0 unspecified atom stereocenters. The standard InChI is InChI=1S/C23H28N6O2S.C22H28N6OS.C21H26N6O2S.C20H26N6O2S.C20H22N6OS/c1-16-14-24-23(26-20(16)19-4-3-13-32-19)29-21(17-5-6-17)18(15-25-29)22(30)28-9-7-27(8-10-28)11-12-31-2;1-4-27(5-2)13-12-26(3)21(29)17-15-24-28(20(17)16-8-9-16)22-23-11-10-18(25-22)19-7-6-14-30-19;1-15-13-22-21(24-19(15)18-5-4-12-30-18)27-16(2)17(14-23-27)20(28)26-8-6-25(7-9-26)10-11-29-3;1-4-25(5-2)11-10-21-19(27)15-13-23-26(17(15)14-28-3)20-22-9-8-16(24-20)18-7-6-12-29-18;1-24-8-10-25(11-9-24)19(27)15-13-22-26(18(15)14-4-5-14)20-21-7-6-16(23-20)17-3-2-12-28-17/h3-4,13-15,17H,5-12H2,1-2H3;6-7,10-11,14-16H,4-5,8-9,12-13H2,1-3H3;4-5,12-14H,6-11H2,1-3H3;6-9,12-13H,4-5,10-11,14H2,1-3H3,(H,21,27);2-3,6-7,12-14H,4-5,8-11H2,1H3. The highest BCUT2D eigenvalue weighted by Gasteiger charge is 2.40. The predicted octanol–water partition coefficient (Wildman–Crippen LogP) is 14.3. The Bertz CT molecular complexity index is 6880. The zero-order valence-electron chi connectivity index (χ0n) is 86.6. The van der Waals surface area contributed by atoms with E-state index in [-0.39, 0.29) is 36.1 Å². The maximum absolute atomic E-state index is 13.4. The molecular weight excluding hydrogens is 1980 g/mol. The Balaban J connectivity index is 0.000000127. The summed E-state index contributed by atoms with van der Waals surface area (Å²) in [5, 5.41) is 35.6. The Hall–Kier alpha value is -13.0. The van der Waals surface area contributed by atoms with E-state index in [0.717, 1.165) is 250 Å². The number of thiophene rings is 5. The molecule has 6 aliphatic rings. The first-order valence-electron chi connectivity index (χ1n) is 50.9. The van der Waals surface area contributed by atoms with Gasteiger partial charge in [0.15, 0.2) is 0 Å². The fourth-order valence-corrected chi connectivity index (χ4v) is 21.6. The third-order valence-electron chi connectivity index (χ3n) is 27.2. The molecule has 15 aromatic heterocycles. The van der Waals surface area contributed by atoms with Gasteiger partial charge in [0.05, 0.1) is 160 Å². The fraction of sp³-hybridized carbons (Fsp3) is 0.434. The summed E-state index contributed by atoms with van der Waals surface area (Å²) in [6, 6.07) is 25.9. The largest absolute Gasteiger partial charge is 0.383 e. The van der Waals surface area contributed by atoms with Gasteiger partial charge in [-0.3, -0.25) is 33.8 Å². The molecule has 3 aliphatic carbocycles. The van der Waals surface area contributed by atoms with E-state index in [2.05, 4.69) is 126 Å². The van der Waals surface area contributed by atoms with E-state index >= 15 is 0 Å². The zero-order valence-corrected chi connectivity index (χ0v) is 90.7. The highest BCUT2D eigenvalue weighted by Crippen LogP contribution is 2.46. The van der Waals surface area contributed by atoms with Crippen molar-refractivity contribution in [1.29, 1.82) is 0 Å². The van der Waals surface area contributed by atoms with Crippen molar-refractivity contribution in [2.24, 2.45) is 0 Å². The van der Waals surface area contributed by atoms with Crippen LogP contribution in [0.1, 0.15) is 175 Å². The van der Waals surface area contributed by atoms with E-state index in [0.29, 0.717) is 114 Å². The van der Waals surface area contributed by atoms with Crippen LogP contribution in [0.2, 0.25) is 0 Å². The number of nitrogens with one attached hydrogen (secondary N) is 1. The molecule has 0 aromatic carbocycles. The second kappa shape index (κ2) is 51.5. The van der Waals surface area contributed by atoms with E-state index in [9.17, 15) is 24.0 Å². The van der Waals surface area contributed by atoms with Crippen LogP contribution in [0.15, 0.2) is 168 Å². The Morgan fingerprint density at radius 2 is 0.745 bits per heavy atom. The molecular formula is C106H130N30O8S5. The molecule has 1 N–H and O–H groups in total. The van der Waals surface area contributed by atoms with Crippen LogP contribution in [-0.4, -0.2) is 365 Å². The van der Waals surface area contributed by atoms with Gasteiger partial charge >= 0.3 is 0 Å². The first kappa shape index (κ1) is 107. The number of likely N-dealkylation sites (N-methyl/N-ethyl adjacent to an activating group) is 4. The molecule has 6 fully saturated rings. The Labute approximate surface area is 888 Å². The van der Waals surface area contributed by atoms with Gasteiger partial charge in [0.25, 0.3) is 59.3 Å². The third kappa shape index (κ3) is 26.5. The van der Waals surface area contributed by atoms with Crippen molar-refractivity contribution in [3.63, 3.8) is 0 Å². The summed E-state index contributed by atoms with van der Waals surface area (Å²) in [6.45, 7) is 34.3. The number of amides is 5. The number of carbonyl (C=O) groups is 5. The van der Waals surface area contributed by atoms with Gasteiger partial charge in [0.2, 0.25) is 0 Å². The van der Waals surface area contributed by atoms with Gasteiger partial charge in [-0.2, -0.15) is 30.2 Å². The van der Waals surface area contributed by atoms with Gasteiger partial charge in [-0.05, 0) is 179 Å². The lowest BCUT2D eigenvalue weighted by Crippen LogP contribution is -2.49. The minimum absolute atomic E-state index is 0.00994. The molecule has 18 heterocycles. The first-order valence-corrected chi connectivity index (χ1v) is 55.3. The maximum atomic E-state index is 13.4. The second-order valence-electron chi connectivity index (χ2n) is 37.2. The number of methoxy groups -OCH3 is 3. The molecule has 3 saturated heterocycles. The van der Waals surface area contributed by atoms with Crippen LogP contribution in [0.4, 0.5) is 0 Å². The summed E-state index contributed by atoms with van der Waals surface area (Å²) in [5.41, 5.74) is 13.8. The molecule has 21 rings (SSSR count). The molecule has 3 saturated carbocycles. The molecule has 43 heteroatoms. The summed E-state index contributed by atoms with van der Waals surface area (Å²) < 4.78 is 24.2. The molecule has 5 amide bonds. The lowest BCUT2D eigenvalue weighted by Gasteiger charge is -2.34. The minimum Gasteiger partial charge on any atom is -0.383 e. The number of hydrogen-bond donors (Lipinski definition) is 1. The number of piperazine rings is 3. The Morgan fingerprint density at radius 1 is 0.389 bits per heavy atom. The molecule has 3 aliphatic heterocycles. The average molecular weight is 2110 g/mol. The van der Waals surface area contributed by atoms with Crippen molar-refractivity contribution < 1.29 is 38.2 Å². The lowest BCUT2D eigenvalue weighted by molar-refractivity contribution is 0.0586. The molecule has 0 radical (unpaired) electrons. The monoisotopic (exact) mass is 2110 g/mol. The van der Waals surface area contributed by atoms with Gasteiger partial charge in [-0.25, -0.2) is 68.6 Å². The molecule has 0 spiro atoms. The highest BCUT2D eigenvalue weighted by atomic mass is 32.1. The quantitative estimate of drug-likeness (QED) is 0.0381. The van der Waals surface area contributed by atoms with E-state index in [4.69, 9.17) is 34.1 Å². The van der Waals surface area contributed by atoms with Gasteiger partial charge in [-0.15, -0.1) is 56.7 Å². The van der Waals surface area contributed by atoms with Crippen molar-refractivity contribution in [3.05, 3.63) is 235 Å². The molecule has 15 aromatic rings. The fourth-order valence-electron chi connectivity index (χ4n) is 18.0.